The largest absolute Gasteiger partial charge is 0.465 e. The molecule has 6 nitrogen and oxygen atoms in total. The summed E-state index contributed by atoms with van der Waals surface area (Å²) in [6.07, 6.45) is -0.0218. The Morgan fingerprint density at radius 1 is 1.47 bits per heavy atom. The molecule has 0 atom stereocenters. The maximum atomic E-state index is 11.3. The van der Waals surface area contributed by atoms with Gasteiger partial charge in [-0.3, -0.25) is 4.79 Å². The Balaban J connectivity index is 2.34. The predicted molar refractivity (Wildman–Crippen MR) is 48.9 cm³/mol. The van der Waals surface area contributed by atoms with Gasteiger partial charge in [0.2, 0.25) is 0 Å². The van der Waals surface area contributed by atoms with Gasteiger partial charge in [0.25, 0.3) is 0 Å². The quantitative estimate of drug-likeness (QED) is 0.671. The number of nitriles is 1. The molecule has 1 heterocycles. The summed E-state index contributed by atoms with van der Waals surface area (Å²) in [5.74, 6) is -0.671. The van der Waals surface area contributed by atoms with Crippen LogP contribution in [0.2, 0.25) is 0 Å². The van der Waals surface area contributed by atoms with E-state index in [4.69, 9.17) is 10.4 Å². The third kappa shape index (κ3) is 3.13. The molecule has 1 fully saturated rings. The van der Waals surface area contributed by atoms with E-state index in [-0.39, 0.29) is 12.5 Å². The topological polar surface area (TPSA) is 90.6 Å². The molecule has 1 rings (SSSR count). The summed E-state index contributed by atoms with van der Waals surface area (Å²) in [7, 11) is 0. The van der Waals surface area contributed by atoms with Gasteiger partial charge >= 0.3 is 12.1 Å². The van der Waals surface area contributed by atoms with Crippen LogP contribution >= 0.6 is 0 Å². The fourth-order valence-electron chi connectivity index (χ4n) is 1.53. The number of esters is 1. The maximum absolute atomic E-state index is 11.3. The van der Waals surface area contributed by atoms with E-state index in [9.17, 15) is 9.59 Å². The van der Waals surface area contributed by atoms with Gasteiger partial charge in [-0.25, -0.2) is 4.79 Å². The number of rotatable bonds is 2. The van der Waals surface area contributed by atoms with Crippen LogP contribution in [0.5, 0.6) is 0 Å². The summed E-state index contributed by atoms with van der Waals surface area (Å²) >= 11 is 0. The van der Waals surface area contributed by atoms with Crippen molar-refractivity contribution in [1.29, 1.82) is 5.26 Å². The third-order valence-electron chi connectivity index (χ3n) is 2.38. The lowest BCUT2D eigenvalue weighted by atomic mass is 9.97. The van der Waals surface area contributed by atoms with Gasteiger partial charge < -0.3 is 14.7 Å². The van der Waals surface area contributed by atoms with E-state index >= 15 is 0 Å². The lowest BCUT2D eigenvalue weighted by Gasteiger charge is -2.28. The number of hydrogen-bond donors (Lipinski definition) is 1. The molecule has 1 saturated heterocycles. The zero-order valence-electron chi connectivity index (χ0n) is 8.18. The minimum absolute atomic E-state index is 0.238. The number of ether oxygens (including phenoxy) is 1. The summed E-state index contributed by atoms with van der Waals surface area (Å²) in [4.78, 5) is 23.1. The third-order valence-corrected chi connectivity index (χ3v) is 2.38. The Bertz CT molecular complexity index is 289. The van der Waals surface area contributed by atoms with Crippen LogP contribution in [-0.4, -0.2) is 41.8 Å². The lowest BCUT2D eigenvalue weighted by Crippen LogP contribution is -2.39. The van der Waals surface area contributed by atoms with Crippen molar-refractivity contribution in [2.24, 2.45) is 5.92 Å². The molecule has 0 spiro atoms. The molecular formula is C9H12N2O4. The van der Waals surface area contributed by atoms with Crippen LogP contribution in [0.25, 0.3) is 0 Å². The molecule has 0 aliphatic carbocycles. The van der Waals surface area contributed by atoms with Crippen LogP contribution in [0.15, 0.2) is 0 Å². The lowest BCUT2D eigenvalue weighted by molar-refractivity contribution is -0.148. The summed E-state index contributed by atoms with van der Waals surface area (Å²) in [6, 6.07) is 1.72. The first-order valence-electron chi connectivity index (χ1n) is 4.66. The van der Waals surface area contributed by atoms with Gasteiger partial charge in [-0.15, -0.1) is 0 Å². The molecule has 1 aliphatic heterocycles. The Labute approximate surface area is 87.0 Å². The summed E-state index contributed by atoms with van der Waals surface area (Å²) in [6.45, 7) is 0.460. The van der Waals surface area contributed by atoms with Gasteiger partial charge in [0.1, 0.15) is 6.07 Å². The summed E-state index contributed by atoms with van der Waals surface area (Å²) in [5.41, 5.74) is 0. The average molecular weight is 212 g/mol. The van der Waals surface area contributed by atoms with Gasteiger partial charge in [0.15, 0.2) is 6.61 Å². The van der Waals surface area contributed by atoms with Crippen LogP contribution < -0.4 is 0 Å². The van der Waals surface area contributed by atoms with Crippen LogP contribution in [0.1, 0.15) is 12.8 Å². The normalized spacial score (nSPS) is 16.9. The second kappa shape index (κ2) is 5.20. The minimum Gasteiger partial charge on any atom is -0.465 e. The van der Waals surface area contributed by atoms with Crippen molar-refractivity contribution < 1.29 is 19.4 Å². The zero-order valence-corrected chi connectivity index (χ0v) is 8.18. The molecule has 1 amide bonds. The highest BCUT2D eigenvalue weighted by atomic mass is 16.5. The number of carbonyl (C=O) groups is 2. The van der Waals surface area contributed by atoms with Crippen molar-refractivity contribution in [2.75, 3.05) is 19.7 Å². The highest BCUT2D eigenvalue weighted by molar-refractivity contribution is 5.73. The SMILES string of the molecule is N#CCOC(=O)C1CCN(C(=O)O)CC1. The molecule has 15 heavy (non-hydrogen) atoms. The van der Waals surface area contributed by atoms with E-state index in [1.807, 2.05) is 0 Å². The van der Waals surface area contributed by atoms with Gasteiger partial charge in [-0.1, -0.05) is 0 Å². The Morgan fingerprint density at radius 2 is 2.07 bits per heavy atom. The first-order chi connectivity index (χ1) is 7.15. The van der Waals surface area contributed by atoms with Crippen molar-refractivity contribution in [1.82, 2.24) is 4.90 Å². The van der Waals surface area contributed by atoms with E-state index in [0.29, 0.717) is 25.9 Å². The molecule has 1 aliphatic rings. The van der Waals surface area contributed by atoms with E-state index in [2.05, 4.69) is 4.74 Å². The molecule has 0 aromatic carbocycles. The van der Waals surface area contributed by atoms with Crippen molar-refractivity contribution >= 4 is 12.1 Å². The van der Waals surface area contributed by atoms with E-state index in [1.165, 1.54) is 4.90 Å². The second-order valence-electron chi connectivity index (χ2n) is 3.31. The van der Waals surface area contributed by atoms with Gasteiger partial charge in [-0.05, 0) is 12.8 Å². The van der Waals surface area contributed by atoms with E-state index in [0.717, 1.165) is 0 Å². The summed E-state index contributed by atoms with van der Waals surface area (Å²) in [5, 5.41) is 16.9. The molecule has 0 aromatic rings. The molecule has 0 radical (unpaired) electrons. The van der Waals surface area contributed by atoms with Crippen LogP contribution in [-0.2, 0) is 9.53 Å². The average Bonchev–Trinajstić information content (AvgIpc) is 2.26. The van der Waals surface area contributed by atoms with Crippen LogP contribution in [0.3, 0.4) is 0 Å². The maximum Gasteiger partial charge on any atom is 0.407 e. The first-order valence-corrected chi connectivity index (χ1v) is 4.66. The predicted octanol–water partition coefficient (Wildman–Crippen LogP) is 0.443. The molecule has 0 bridgehead atoms. The zero-order chi connectivity index (χ0) is 11.3. The molecule has 82 valence electrons. The highest BCUT2D eigenvalue weighted by Crippen LogP contribution is 2.18. The van der Waals surface area contributed by atoms with E-state index < -0.39 is 12.1 Å². The van der Waals surface area contributed by atoms with Crippen LogP contribution in [0, 0.1) is 17.2 Å². The first kappa shape index (κ1) is 11.3. The van der Waals surface area contributed by atoms with Gasteiger partial charge in [0, 0.05) is 13.1 Å². The smallest absolute Gasteiger partial charge is 0.407 e. The Kier molecular flexibility index (Phi) is 3.92. The Hall–Kier alpha value is -1.77. The van der Waals surface area contributed by atoms with Crippen molar-refractivity contribution in [3.8, 4) is 6.07 Å². The summed E-state index contributed by atoms with van der Waals surface area (Å²) < 4.78 is 4.66. The number of nitrogens with zero attached hydrogens (tertiary/aromatic N) is 2. The molecule has 0 aromatic heterocycles. The standard InChI is InChI=1S/C9H12N2O4/c10-3-6-15-8(12)7-1-4-11(5-2-7)9(13)14/h7H,1-2,4-6H2,(H,13,14). The monoisotopic (exact) mass is 212 g/mol. The number of likely N-dealkylation sites (tertiary alicyclic amines) is 1. The minimum atomic E-state index is -0.959. The molecular weight excluding hydrogens is 200 g/mol. The Morgan fingerprint density at radius 3 is 2.53 bits per heavy atom. The van der Waals surface area contributed by atoms with Crippen molar-refractivity contribution in [3.05, 3.63) is 0 Å². The fourth-order valence-corrected chi connectivity index (χ4v) is 1.53. The molecule has 0 unspecified atom stereocenters. The number of carbonyl (C=O) groups excluding carboxylic acids is 1. The van der Waals surface area contributed by atoms with Crippen LogP contribution in [0.4, 0.5) is 4.79 Å². The van der Waals surface area contributed by atoms with Crippen molar-refractivity contribution in [2.45, 2.75) is 12.8 Å². The molecule has 1 N–H and O–H groups in total. The number of amides is 1. The molecule has 6 heteroatoms. The van der Waals surface area contributed by atoms with Crippen molar-refractivity contribution in [3.63, 3.8) is 0 Å². The van der Waals surface area contributed by atoms with Gasteiger partial charge in [-0.2, -0.15) is 5.26 Å². The van der Waals surface area contributed by atoms with Gasteiger partial charge in [0.05, 0.1) is 5.92 Å². The second-order valence-corrected chi connectivity index (χ2v) is 3.31. The number of hydrogen-bond acceptors (Lipinski definition) is 4. The number of carboxylic acid groups (broad SMARTS) is 1. The van der Waals surface area contributed by atoms with E-state index in [1.54, 1.807) is 6.07 Å². The number of piperidine rings is 1. The molecule has 0 saturated carbocycles. The fraction of sp³-hybridized carbons (Fsp3) is 0.667. The highest BCUT2D eigenvalue weighted by Gasteiger charge is 2.27.